The quantitative estimate of drug-likeness (QED) is 0.387. The van der Waals surface area contributed by atoms with Gasteiger partial charge in [-0.2, -0.15) is 0 Å². The Bertz CT molecular complexity index is 1070. The van der Waals surface area contributed by atoms with E-state index >= 15 is 0 Å². The van der Waals surface area contributed by atoms with E-state index in [1.54, 1.807) is 43.3 Å². The zero-order chi connectivity index (χ0) is 26.0. The summed E-state index contributed by atoms with van der Waals surface area (Å²) in [5.74, 6) is 0.363. The molecule has 2 fully saturated rings. The maximum Gasteiger partial charge on any atom is 0.309 e. The third-order valence-electron chi connectivity index (χ3n) is 6.79. The van der Waals surface area contributed by atoms with E-state index in [4.69, 9.17) is 23.7 Å². The van der Waals surface area contributed by atoms with Crippen molar-refractivity contribution in [2.24, 2.45) is 11.8 Å². The molecule has 2 aliphatic heterocycles. The van der Waals surface area contributed by atoms with Crippen molar-refractivity contribution in [3.8, 4) is 23.0 Å². The summed E-state index contributed by atoms with van der Waals surface area (Å²) in [6, 6.07) is 10.3. The molecule has 0 saturated carbocycles. The van der Waals surface area contributed by atoms with Gasteiger partial charge in [0.2, 0.25) is 6.29 Å². The SMILES string of the molecule is COc1cc(C[C@H]2COC(=O)[C@@H]2Cc2ccc(O[C@@H]3O[C@@H](C)[C@H](O)[C@@H](O)[C@H]3O)c(OC)c2)ccc1O. The molecule has 0 aliphatic carbocycles. The van der Waals surface area contributed by atoms with Gasteiger partial charge in [0.05, 0.1) is 32.8 Å². The Morgan fingerprint density at radius 2 is 1.56 bits per heavy atom. The number of rotatable bonds is 8. The molecule has 2 saturated heterocycles. The van der Waals surface area contributed by atoms with Crippen molar-refractivity contribution >= 4 is 5.97 Å². The maximum atomic E-state index is 12.5. The molecule has 2 aromatic rings. The van der Waals surface area contributed by atoms with Gasteiger partial charge >= 0.3 is 5.97 Å². The number of esters is 1. The minimum absolute atomic E-state index is 0.0530. The van der Waals surface area contributed by atoms with Crippen molar-refractivity contribution in [3.63, 3.8) is 0 Å². The number of ether oxygens (including phenoxy) is 5. The van der Waals surface area contributed by atoms with E-state index in [9.17, 15) is 25.2 Å². The molecule has 4 N–H and O–H groups in total. The summed E-state index contributed by atoms with van der Waals surface area (Å²) in [5.41, 5.74) is 1.75. The lowest BCUT2D eigenvalue weighted by Crippen LogP contribution is -2.58. The monoisotopic (exact) mass is 504 g/mol. The first-order valence-electron chi connectivity index (χ1n) is 11.8. The first-order chi connectivity index (χ1) is 17.2. The summed E-state index contributed by atoms with van der Waals surface area (Å²) in [6.07, 6.45) is -5.04. The van der Waals surface area contributed by atoms with Gasteiger partial charge in [0, 0.05) is 5.92 Å². The number of phenolic OH excluding ortho intramolecular Hbond substituents is 1. The zero-order valence-corrected chi connectivity index (χ0v) is 20.4. The number of aliphatic hydroxyl groups is 3. The number of phenols is 1. The highest BCUT2D eigenvalue weighted by Gasteiger charge is 2.43. The van der Waals surface area contributed by atoms with E-state index in [0.717, 1.165) is 11.1 Å². The summed E-state index contributed by atoms with van der Waals surface area (Å²) < 4.78 is 27.3. The van der Waals surface area contributed by atoms with Gasteiger partial charge in [0.1, 0.15) is 18.3 Å². The normalized spacial score (nSPS) is 30.1. The highest BCUT2D eigenvalue weighted by molar-refractivity contribution is 5.75. The number of cyclic esters (lactones) is 1. The number of carbonyl (C=O) groups excluding carboxylic acids is 1. The molecule has 0 radical (unpaired) electrons. The van der Waals surface area contributed by atoms with Gasteiger partial charge in [0.25, 0.3) is 0 Å². The van der Waals surface area contributed by atoms with E-state index in [-0.39, 0.29) is 29.3 Å². The van der Waals surface area contributed by atoms with E-state index in [1.165, 1.54) is 14.2 Å². The lowest BCUT2D eigenvalue weighted by molar-refractivity contribution is -0.268. The number of aliphatic hydroxyl groups excluding tert-OH is 3. The smallest absolute Gasteiger partial charge is 0.309 e. The molecule has 0 amide bonds. The summed E-state index contributed by atoms with van der Waals surface area (Å²) in [5, 5.41) is 40.0. The second-order valence-electron chi connectivity index (χ2n) is 9.20. The molecule has 10 heteroatoms. The maximum absolute atomic E-state index is 12.5. The van der Waals surface area contributed by atoms with Crippen LogP contribution in [0.3, 0.4) is 0 Å². The number of carbonyl (C=O) groups is 1. The molecule has 10 nitrogen and oxygen atoms in total. The molecule has 0 bridgehead atoms. The van der Waals surface area contributed by atoms with Crippen molar-refractivity contribution in [1.29, 1.82) is 0 Å². The number of benzene rings is 2. The fraction of sp³-hybridized carbons (Fsp3) is 0.500. The summed E-state index contributed by atoms with van der Waals surface area (Å²) >= 11 is 0. The number of hydrogen-bond donors (Lipinski definition) is 4. The molecule has 7 atom stereocenters. The van der Waals surface area contributed by atoms with E-state index in [1.807, 2.05) is 0 Å². The second kappa shape index (κ2) is 10.9. The number of methoxy groups -OCH3 is 2. The Balaban J connectivity index is 1.47. The van der Waals surface area contributed by atoms with Crippen LogP contribution in [0.15, 0.2) is 36.4 Å². The van der Waals surface area contributed by atoms with Crippen molar-refractivity contribution in [2.75, 3.05) is 20.8 Å². The molecule has 2 aliphatic rings. The van der Waals surface area contributed by atoms with Gasteiger partial charge in [-0.25, -0.2) is 0 Å². The molecule has 36 heavy (non-hydrogen) atoms. The Labute approximate surface area is 208 Å². The van der Waals surface area contributed by atoms with Crippen LogP contribution in [0.25, 0.3) is 0 Å². The van der Waals surface area contributed by atoms with Crippen LogP contribution >= 0.6 is 0 Å². The predicted molar refractivity (Wildman–Crippen MR) is 126 cm³/mol. The second-order valence-corrected chi connectivity index (χ2v) is 9.20. The van der Waals surface area contributed by atoms with E-state index in [2.05, 4.69) is 0 Å². The molecular weight excluding hydrogens is 472 g/mol. The van der Waals surface area contributed by atoms with Gasteiger partial charge in [0.15, 0.2) is 23.0 Å². The highest BCUT2D eigenvalue weighted by Crippen LogP contribution is 2.36. The fourth-order valence-electron chi connectivity index (χ4n) is 4.63. The van der Waals surface area contributed by atoms with Gasteiger partial charge in [-0.05, 0) is 55.2 Å². The molecule has 196 valence electrons. The topological polar surface area (TPSA) is 144 Å². The summed E-state index contributed by atoms with van der Waals surface area (Å²) in [6.45, 7) is 1.87. The lowest BCUT2D eigenvalue weighted by Gasteiger charge is -2.39. The third-order valence-corrected chi connectivity index (χ3v) is 6.79. The van der Waals surface area contributed by atoms with E-state index < -0.39 is 30.7 Å². The van der Waals surface area contributed by atoms with Crippen LogP contribution < -0.4 is 14.2 Å². The van der Waals surface area contributed by atoms with Crippen LogP contribution in [-0.2, 0) is 27.1 Å². The largest absolute Gasteiger partial charge is 0.504 e. The van der Waals surface area contributed by atoms with Gasteiger partial charge in [-0.1, -0.05) is 12.1 Å². The van der Waals surface area contributed by atoms with Gasteiger partial charge in [-0.15, -0.1) is 0 Å². The molecule has 0 aromatic heterocycles. The highest BCUT2D eigenvalue weighted by atomic mass is 16.7. The predicted octanol–water partition coefficient (Wildman–Crippen LogP) is 1.19. The lowest BCUT2D eigenvalue weighted by atomic mass is 9.85. The van der Waals surface area contributed by atoms with Crippen LogP contribution in [0.5, 0.6) is 23.0 Å². The molecule has 2 aromatic carbocycles. The minimum atomic E-state index is -1.45. The Hall–Kier alpha value is -3.05. The van der Waals surface area contributed by atoms with Crippen LogP contribution in [0.4, 0.5) is 0 Å². The zero-order valence-electron chi connectivity index (χ0n) is 20.4. The first-order valence-corrected chi connectivity index (χ1v) is 11.8. The van der Waals surface area contributed by atoms with Gasteiger partial charge in [-0.3, -0.25) is 4.79 Å². The average Bonchev–Trinajstić information content (AvgIpc) is 3.21. The first kappa shape index (κ1) is 26.0. The molecular formula is C26H32O10. The van der Waals surface area contributed by atoms with Crippen molar-refractivity contribution in [2.45, 2.75) is 50.5 Å². The molecule has 2 heterocycles. The average molecular weight is 505 g/mol. The molecule has 0 spiro atoms. The van der Waals surface area contributed by atoms with Crippen molar-refractivity contribution < 1.29 is 48.9 Å². The standard InChI is InChI=1S/C26H32O10/c1-13-22(28)23(29)24(30)26(35-13)36-19-7-5-15(11-21(19)33-3)9-17-16(12-34-25(17)31)8-14-4-6-18(27)20(10-14)32-2/h4-7,10-11,13,16-17,22-24,26-30H,8-9,12H2,1-3H3/t13-,16-,17+,22-,23+,24+,26-/m0/s1. The van der Waals surface area contributed by atoms with Crippen LogP contribution in [-0.4, -0.2) is 77.9 Å². The summed E-state index contributed by atoms with van der Waals surface area (Å²) in [7, 11) is 2.95. The van der Waals surface area contributed by atoms with Crippen LogP contribution in [0, 0.1) is 11.8 Å². The fourth-order valence-corrected chi connectivity index (χ4v) is 4.63. The van der Waals surface area contributed by atoms with Crippen LogP contribution in [0.1, 0.15) is 18.1 Å². The Morgan fingerprint density at radius 3 is 2.28 bits per heavy atom. The van der Waals surface area contributed by atoms with Gasteiger partial charge < -0.3 is 44.1 Å². The minimum Gasteiger partial charge on any atom is -0.504 e. The number of aromatic hydroxyl groups is 1. The third kappa shape index (κ3) is 5.36. The Kier molecular flexibility index (Phi) is 7.89. The van der Waals surface area contributed by atoms with E-state index in [0.29, 0.717) is 30.9 Å². The molecule has 4 rings (SSSR count). The Morgan fingerprint density at radius 1 is 0.889 bits per heavy atom. The van der Waals surface area contributed by atoms with Crippen LogP contribution in [0.2, 0.25) is 0 Å². The summed E-state index contributed by atoms with van der Waals surface area (Å²) in [4.78, 5) is 12.5. The molecule has 0 unspecified atom stereocenters. The van der Waals surface area contributed by atoms with Crippen molar-refractivity contribution in [1.82, 2.24) is 0 Å². The number of hydrogen-bond acceptors (Lipinski definition) is 10. The van der Waals surface area contributed by atoms with Crippen molar-refractivity contribution in [3.05, 3.63) is 47.5 Å².